The van der Waals surface area contributed by atoms with Crippen molar-refractivity contribution in [2.45, 2.75) is 37.8 Å². The molecule has 0 spiro atoms. The molecule has 0 aromatic heterocycles. The first kappa shape index (κ1) is 37.6. The van der Waals surface area contributed by atoms with Crippen molar-refractivity contribution in [3.05, 3.63) is 115 Å². The molecule has 2 unspecified atom stereocenters. The molecular weight excluding hydrogens is 722 g/mol. The number of rotatable bonds is 10. The number of hydrogen-bond acceptors (Lipinski definition) is 7. The third kappa shape index (κ3) is 8.79. The number of likely N-dealkylation sites (tertiary alicyclic amines) is 2. The van der Waals surface area contributed by atoms with E-state index < -0.39 is 5.92 Å². The fourth-order valence-corrected chi connectivity index (χ4v) is 7.60. The number of imide groups is 1. The van der Waals surface area contributed by atoms with Gasteiger partial charge in [-0.25, -0.2) is 0 Å². The number of para-hydroxylation sites is 2. The molecule has 8 nitrogen and oxygen atoms in total. The van der Waals surface area contributed by atoms with E-state index in [-0.39, 0.29) is 24.8 Å². The molecule has 2 amide bonds. The maximum absolute atomic E-state index is 12.8. The first-order chi connectivity index (χ1) is 24.0. The Labute approximate surface area is 312 Å². The van der Waals surface area contributed by atoms with Gasteiger partial charge in [0.2, 0.25) is 11.8 Å². The number of carbonyl (C=O) groups excluding carboxylic acids is 2. The van der Waals surface area contributed by atoms with Gasteiger partial charge in [-0.2, -0.15) is 0 Å². The summed E-state index contributed by atoms with van der Waals surface area (Å²) in [4.78, 5) is 29.0. The standard InChI is InChI=1S/C19H17Cl2NO4.C19H21Cl2NO2/c1-25-16-5-3-4-11(18(16)26-2)10-22-17(23)9-15(19(22)24)12-6-13(20)8-14(21)7-12;1-23-18-5-3-4-14(19(18)24-2)12-22-7-6-13(11-22)15-8-16(20)10-17(21)9-15/h3-8,15H,9-10H2,1-2H3;3-5,8-10,13H,6-7,11-12H2,1-2H3. The first-order valence-electron chi connectivity index (χ1n) is 15.9. The van der Waals surface area contributed by atoms with Crippen LogP contribution < -0.4 is 18.9 Å². The minimum atomic E-state index is -0.588. The molecule has 264 valence electrons. The van der Waals surface area contributed by atoms with Gasteiger partial charge in [-0.3, -0.25) is 19.4 Å². The summed E-state index contributed by atoms with van der Waals surface area (Å²) < 4.78 is 21.6. The average molecular weight is 761 g/mol. The second kappa shape index (κ2) is 17.0. The number of nitrogens with zero attached hydrogens (tertiary/aromatic N) is 2. The highest BCUT2D eigenvalue weighted by Crippen LogP contribution is 2.38. The van der Waals surface area contributed by atoms with Gasteiger partial charge in [0, 0.05) is 50.7 Å². The second-order valence-corrected chi connectivity index (χ2v) is 13.8. The zero-order valence-electron chi connectivity index (χ0n) is 28.2. The summed E-state index contributed by atoms with van der Waals surface area (Å²) in [6.07, 6.45) is 1.19. The lowest BCUT2D eigenvalue weighted by atomic mass is 9.98. The Balaban J connectivity index is 0.000000195. The molecule has 2 heterocycles. The van der Waals surface area contributed by atoms with Gasteiger partial charge in [0.15, 0.2) is 23.0 Å². The summed E-state index contributed by atoms with van der Waals surface area (Å²) in [6.45, 7) is 2.97. The highest BCUT2D eigenvalue weighted by atomic mass is 35.5. The van der Waals surface area contributed by atoms with E-state index in [1.165, 1.54) is 24.7 Å². The van der Waals surface area contributed by atoms with Crippen LogP contribution >= 0.6 is 46.4 Å². The SMILES string of the molecule is COc1cccc(CN2C(=O)CC(c3cc(Cl)cc(Cl)c3)C2=O)c1OC.COc1cccc(CN2CCC(c3cc(Cl)cc(Cl)c3)C2)c1OC. The Bertz CT molecular complexity index is 1810. The predicted molar refractivity (Wildman–Crippen MR) is 198 cm³/mol. The van der Waals surface area contributed by atoms with Gasteiger partial charge in [-0.05, 0) is 78.5 Å². The number of carbonyl (C=O) groups is 2. The molecule has 0 bridgehead atoms. The highest BCUT2D eigenvalue weighted by Gasteiger charge is 2.40. The summed E-state index contributed by atoms with van der Waals surface area (Å²) in [5, 5.41) is 2.26. The second-order valence-electron chi connectivity index (χ2n) is 12.0. The number of halogens is 4. The third-order valence-corrected chi connectivity index (χ3v) is 9.72. The molecule has 0 aliphatic carbocycles. The Kier molecular flexibility index (Phi) is 12.8. The van der Waals surface area contributed by atoms with E-state index in [4.69, 9.17) is 65.4 Å². The summed E-state index contributed by atoms with van der Waals surface area (Å²) >= 11 is 24.3. The van der Waals surface area contributed by atoms with Crippen molar-refractivity contribution < 1.29 is 28.5 Å². The molecule has 2 saturated heterocycles. The van der Waals surface area contributed by atoms with E-state index in [9.17, 15) is 9.59 Å². The largest absolute Gasteiger partial charge is 0.493 e. The van der Waals surface area contributed by atoms with Gasteiger partial charge < -0.3 is 18.9 Å². The molecule has 0 saturated carbocycles. The van der Waals surface area contributed by atoms with Crippen molar-refractivity contribution >= 4 is 58.2 Å². The first-order valence-corrected chi connectivity index (χ1v) is 17.4. The molecule has 2 atom stereocenters. The van der Waals surface area contributed by atoms with E-state index in [1.807, 2.05) is 24.3 Å². The van der Waals surface area contributed by atoms with Gasteiger partial charge in [0.25, 0.3) is 0 Å². The molecule has 2 fully saturated rings. The predicted octanol–water partition coefficient (Wildman–Crippen LogP) is 9.05. The van der Waals surface area contributed by atoms with E-state index >= 15 is 0 Å². The van der Waals surface area contributed by atoms with Gasteiger partial charge in [-0.1, -0.05) is 70.7 Å². The lowest BCUT2D eigenvalue weighted by Crippen LogP contribution is -2.30. The van der Waals surface area contributed by atoms with E-state index in [1.54, 1.807) is 56.7 Å². The Morgan fingerprint density at radius 3 is 1.66 bits per heavy atom. The lowest BCUT2D eigenvalue weighted by molar-refractivity contribution is -0.139. The van der Waals surface area contributed by atoms with Crippen molar-refractivity contribution in [3.63, 3.8) is 0 Å². The van der Waals surface area contributed by atoms with Gasteiger partial charge in [0.1, 0.15) is 0 Å². The van der Waals surface area contributed by atoms with E-state index in [0.717, 1.165) is 43.1 Å². The molecule has 0 radical (unpaired) electrons. The Morgan fingerprint density at radius 1 is 0.660 bits per heavy atom. The van der Waals surface area contributed by atoms with Crippen molar-refractivity contribution in [1.82, 2.24) is 9.80 Å². The molecule has 50 heavy (non-hydrogen) atoms. The zero-order chi connectivity index (χ0) is 35.9. The summed E-state index contributed by atoms with van der Waals surface area (Å²) in [7, 11) is 6.40. The van der Waals surface area contributed by atoms with Crippen LogP contribution in [0.5, 0.6) is 23.0 Å². The maximum atomic E-state index is 12.8. The van der Waals surface area contributed by atoms with Crippen LogP contribution in [0.15, 0.2) is 72.8 Å². The fourth-order valence-electron chi connectivity index (χ4n) is 6.51. The molecule has 2 aliphatic heterocycles. The number of benzene rings is 4. The lowest BCUT2D eigenvalue weighted by Gasteiger charge is -2.19. The van der Waals surface area contributed by atoms with Gasteiger partial charge in [-0.15, -0.1) is 0 Å². The van der Waals surface area contributed by atoms with Gasteiger partial charge >= 0.3 is 0 Å². The van der Waals surface area contributed by atoms with Crippen LogP contribution in [-0.2, 0) is 22.7 Å². The van der Waals surface area contributed by atoms with Crippen molar-refractivity contribution in [2.24, 2.45) is 0 Å². The van der Waals surface area contributed by atoms with Crippen LogP contribution in [0, 0.1) is 0 Å². The van der Waals surface area contributed by atoms with Crippen molar-refractivity contribution in [3.8, 4) is 23.0 Å². The van der Waals surface area contributed by atoms with Crippen molar-refractivity contribution in [1.29, 1.82) is 0 Å². The van der Waals surface area contributed by atoms with E-state index in [2.05, 4.69) is 11.0 Å². The fraction of sp³-hybridized carbons (Fsp3) is 0.316. The molecule has 4 aromatic carbocycles. The number of amides is 2. The normalized spacial score (nSPS) is 17.4. The molecule has 0 N–H and O–H groups in total. The smallest absolute Gasteiger partial charge is 0.237 e. The molecular formula is C38H38Cl4N2O6. The Hall–Kier alpha value is -3.66. The summed E-state index contributed by atoms with van der Waals surface area (Å²) in [5.74, 6) is 1.97. The number of ether oxygens (including phenoxy) is 4. The maximum Gasteiger partial charge on any atom is 0.237 e. The topological polar surface area (TPSA) is 77.5 Å². The minimum Gasteiger partial charge on any atom is -0.493 e. The van der Waals surface area contributed by atoms with Crippen molar-refractivity contribution in [2.75, 3.05) is 41.5 Å². The number of hydrogen-bond donors (Lipinski definition) is 0. The molecule has 4 aromatic rings. The zero-order valence-corrected chi connectivity index (χ0v) is 31.2. The monoisotopic (exact) mass is 758 g/mol. The summed E-state index contributed by atoms with van der Waals surface area (Å²) in [5.41, 5.74) is 3.69. The van der Waals surface area contributed by atoms with E-state index in [0.29, 0.717) is 48.6 Å². The third-order valence-electron chi connectivity index (χ3n) is 8.85. The Morgan fingerprint density at radius 2 is 1.16 bits per heavy atom. The molecule has 2 aliphatic rings. The van der Waals surface area contributed by atoms with Crippen LogP contribution in [0.25, 0.3) is 0 Å². The quantitative estimate of drug-likeness (QED) is 0.149. The summed E-state index contributed by atoms with van der Waals surface area (Å²) in [6, 6.07) is 22.1. The van der Waals surface area contributed by atoms with Crippen LogP contribution in [0.3, 0.4) is 0 Å². The molecule has 12 heteroatoms. The van der Waals surface area contributed by atoms with Gasteiger partial charge in [0.05, 0.1) is 40.9 Å². The number of methoxy groups -OCH3 is 4. The molecule has 6 rings (SSSR count). The van der Waals surface area contributed by atoms with Crippen LogP contribution in [-0.4, -0.2) is 63.1 Å². The van der Waals surface area contributed by atoms with Crippen LogP contribution in [0.2, 0.25) is 20.1 Å². The van der Waals surface area contributed by atoms with Crippen LogP contribution in [0.4, 0.5) is 0 Å². The average Bonchev–Trinajstić information content (AvgIpc) is 3.67. The highest BCUT2D eigenvalue weighted by molar-refractivity contribution is 6.35. The minimum absolute atomic E-state index is 0.0851. The van der Waals surface area contributed by atoms with Crippen LogP contribution in [0.1, 0.15) is 46.9 Å².